The second-order valence-corrected chi connectivity index (χ2v) is 8.93. The van der Waals surface area contributed by atoms with Gasteiger partial charge in [0.1, 0.15) is 11.5 Å². The summed E-state index contributed by atoms with van der Waals surface area (Å²) in [5, 5.41) is 11.0. The molecule has 162 valence electrons. The number of alkyl halides is 3. The number of allylic oxidation sites excluding steroid dienone is 2. The van der Waals surface area contributed by atoms with E-state index in [1.807, 2.05) is 13.8 Å². The topological polar surface area (TPSA) is 59.4 Å². The summed E-state index contributed by atoms with van der Waals surface area (Å²) in [4.78, 5) is 17.0. The fourth-order valence-corrected chi connectivity index (χ4v) is 5.88. The van der Waals surface area contributed by atoms with Gasteiger partial charge in [-0.25, -0.2) is 4.98 Å². The van der Waals surface area contributed by atoms with Crippen LogP contribution in [0.4, 0.5) is 13.2 Å². The van der Waals surface area contributed by atoms with Crippen LogP contribution in [-0.2, 0) is 11.0 Å². The summed E-state index contributed by atoms with van der Waals surface area (Å²) in [5.41, 5.74) is 1.85. The minimum atomic E-state index is -4.46. The zero-order chi connectivity index (χ0) is 22.1. The predicted molar refractivity (Wildman–Crippen MR) is 108 cm³/mol. The lowest BCUT2D eigenvalue weighted by Gasteiger charge is -2.23. The molecule has 31 heavy (non-hydrogen) atoms. The first-order valence-electron chi connectivity index (χ1n) is 10.4. The van der Waals surface area contributed by atoms with Gasteiger partial charge >= 0.3 is 6.18 Å². The van der Waals surface area contributed by atoms with Crippen molar-refractivity contribution in [2.24, 2.45) is 23.7 Å². The molecule has 2 fully saturated rings. The first-order valence-corrected chi connectivity index (χ1v) is 10.4. The number of aromatic nitrogens is 1. The van der Waals surface area contributed by atoms with Gasteiger partial charge in [-0.15, -0.1) is 0 Å². The number of hydrogen-bond acceptors (Lipinski definition) is 4. The van der Waals surface area contributed by atoms with Crippen LogP contribution < -0.4 is 4.74 Å². The Kier molecular flexibility index (Phi) is 4.43. The molecular formula is C24H22F3NO3. The lowest BCUT2D eigenvalue weighted by atomic mass is 9.80. The number of carbonyl (C=O) groups excluding carboxylic acids is 1. The van der Waals surface area contributed by atoms with E-state index < -0.39 is 11.7 Å². The number of benzene rings is 1. The molecule has 0 amide bonds. The Morgan fingerprint density at radius 3 is 2.26 bits per heavy atom. The first-order chi connectivity index (χ1) is 14.6. The quantitative estimate of drug-likeness (QED) is 0.648. The molecule has 0 spiro atoms. The van der Waals surface area contributed by atoms with Gasteiger partial charge in [0, 0.05) is 24.1 Å². The number of rotatable bonds is 3. The highest BCUT2D eigenvalue weighted by Crippen LogP contribution is 2.60. The third kappa shape index (κ3) is 3.13. The van der Waals surface area contributed by atoms with Crippen molar-refractivity contribution in [3.8, 4) is 11.6 Å². The van der Waals surface area contributed by atoms with Crippen LogP contribution in [0.5, 0.6) is 11.6 Å². The van der Waals surface area contributed by atoms with Crippen LogP contribution in [-0.4, -0.2) is 15.9 Å². The van der Waals surface area contributed by atoms with E-state index in [1.54, 1.807) is 12.1 Å². The molecule has 1 aromatic carbocycles. The van der Waals surface area contributed by atoms with E-state index in [-0.39, 0.29) is 29.3 Å². The number of hydrogen-bond donors (Lipinski definition) is 1. The highest BCUT2D eigenvalue weighted by molar-refractivity contribution is 6.25. The van der Waals surface area contributed by atoms with Crippen LogP contribution >= 0.6 is 0 Å². The molecule has 1 aromatic heterocycles. The normalized spacial score (nSPS) is 27.2. The van der Waals surface area contributed by atoms with E-state index in [2.05, 4.69) is 4.98 Å². The molecule has 2 bridgehead atoms. The van der Waals surface area contributed by atoms with E-state index in [0.717, 1.165) is 48.2 Å². The molecule has 0 aliphatic heterocycles. The van der Waals surface area contributed by atoms with Crippen molar-refractivity contribution in [1.82, 2.24) is 4.98 Å². The van der Waals surface area contributed by atoms with Crippen molar-refractivity contribution in [3.05, 3.63) is 58.5 Å². The maximum atomic E-state index is 13.2. The summed E-state index contributed by atoms with van der Waals surface area (Å²) in [6.07, 6.45) is -0.564. The van der Waals surface area contributed by atoms with Gasteiger partial charge in [-0.3, -0.25) is 4.79 Å². The van der Waals surface area contributed by atoms with Gasteiger partial charge in [-0.2, -0.15) is 13.2 Å². The number of nitrogens with zero attached hydrogens (tertiary/aromatic N) is 1. The van der Waals surface area contributed by atoms with Crippen LogP contribution in [0.25, 0.3) is 5.57 Å². The maximum absolute atomic E-state index is 13.2. The summed E-state index contributed by atoms with van der Waals surface area (Å²) in [6.45, 7) is 3.68. The number of aryl methyl sites for hydroxylation is 2. The molecule has 0 saturated heterocycles. The van der Waals surface area contributed by atoms with E-state index in [4.69, 9.17) is 4.74 Å². The van der Waals surface area contributed by atoms with Crippen molar-refractivity contribution in [2.45, 2.75) is 39.3 Å². The lowest BCUT2D eigenvalue weighted by Crippen LogP contribution is -2.24. The summed E-state index contributed by atoms with van der Waals surface area (Å²) in [5.74, 6) is 1.35. The van der Waals surface area contributed by atoms with Crippen LogP contribution in [0.2, 0.25) is 0 Å². The van der Waals surface area contributed by atoms with Gasteiger partial charge in [0.05, 0.1) is 11.1 Å². The zero-order valence-corrected chi connectivity index (χ0v) is 17.2. The van der Waals surface area contributed by atoms with Crippen molar-refractivity contribution >= 4 is 11.4 Å². The van der Waals surface area contributed by atoms with Gasteiger partial charge in [0.25, 0.3) is 0 Å². The van der Waals surface area contributed by atoms with Crippen LogP contribution in [0.1, 0.15) is 41.5 Å². The number of Topliss-reactive ketones (excluding diaryl/α,β-unsaturated/α-hetero) is 1. The number of carbonyl (C=O) groups is 1. The fraction of sp³-hybridized carbons (Fsp3) is 0.417. The summed E-state index contributed by atoms with van der Waals surface area (Å²) >= 11 is 0. The maximum Gasteiger partial charge on any atom is 0.417 e. The van der Waals surface area contributed by atoms with Gasteiger partial charge in [-0.05, 0) is 79.8 Å². The molecule has 1 heterocycles. The third-order valence-electron chi connectivity index (χ3n) is 7.08. The van der Waals surface area contributed by atoms with Crippen molar-refractivity contribution in [1.29, 1.82) is 0 Å². The molecule has 2 saturated carbocycles. The Bertz CT molecular complexity index is 1080. The largest absolute Gasteiger partial charge is 0.511 e. The highest BCUT2D eigenvalue weighted by Gasteiger charge is 2.57. The van der Waals surface area contributed by atoms with Gasteiger partial charge in [-0.1, -0.05) is 0 Å². The summed E-state index contributed by atoms with van der Waals surface area (Å²) < 4.78 is 43.8. The van der Waals surface area contributed by atoms with E-state index in [1.165, 1.54) is 6.07 Å². The second-order valence-electron chi connectivity index (χ2n) is 8.93. The SMILES string of the molecule is Cc1cc(Oc2ccc(C(F)(F)F)cn2)cc(C)c1C1=C(O)C2[C@@H]3CC[C@@H](C3)[C@@H]2C1=O. The number of fused-ring (bicyclic) bond motifs is 5. The van der Waals surface area contributed by atoms with E-state index in [0.29, 0.717) is 23.2 Å². The molecule has 4 nitrogen and oxygen atoms in total. The molecule has 3 aliphatic carbocycles. The number of halogens is 3. The average molecular weight is 429 g/mol. The molecule has 0 radical (unpaired) electrons. The Morgan fingerprint density at radius 2 is 1.71 bits per heavy atom. The molecule has 2 aromatic rings. The van der Waals surface area contributed by atoms with Crippen LogP contribution in [0, 0.1) is 37.5 Å². The average Bonchev–Trinajstić information content (AvgIpc) is 3.37. The van der Waals surface area contributed by atoms with Gasteiger partial charge in [0.2, 0.25) is 5.88 Å². The molecule has 1 unspecified atom stereocenters. The van der Waals surface area contributed by atoms with E-state index in [9.17, 15) is 23.1 Å². The number of pyridine rings is 1. The smallest absolute Gasteiger partial charge is 0.417 e. The van der Waals surface area contributed by atoms with Gasteiger partial charge in [0.15, 0.2) is 5.78 Å². The molecule has 1 N–H and O–H groups in total. The fourth-order valence-electron chi connectivity index (χ4n) is 5.88. The number of aliphatic hydroxyl groups excluding tert-OH is 1. The van der Waals surface area contributed by atoms with Gasteiger partial charge < -0.3 is 9.84 Å². The van der Waals surface area contributed by atoms with Crippen LogP contribution in [0.3, 0.4) is 0 Å². The van der Waals surface area contributed by atoms with Crippen molar-refractivity contribution < 1.29 is 27.8 Å². The Morgan fingerprint density at radius 1 is 1.06 bits per heavy atom. The number of ether oxygens (including phenoxy) is 1. The minimum absolute atomic E-state index is 0.0407. The third-order valence-corrected chi connectivity index (χ3v) is 7.08. The highest BCUT2D eigenvalue weighted by atomic mass is 19.4. The Labute approximate surface area is 177 Å². The number of ketones is 1. The zero-order valence-electron chi connectivity index (χ0n) is 17.2. The van der Waals surface area contributed by atoms with Crippen molar-refractivity contribution in [2.75, 3.05) is 0 Å². The summed E-state index contributed by atoms with van der Waals surface area (Å²) in [6, 6.07) is 5.53. The molecule has 3 aliphatic rings. The number of aliphatic hydroxyl groups is 1. The first kappa shape index (κ1) is 20.1. The monoisotopic (exact) mass is 429 g/mol. The summed E-state index contributed by atoms with van der Waals surface area (Å²) in [7, 11) is 0. The van der Waals surface area contributed by atoms with E-state index >= 15 is 0 Å². The van der Waals surface area contributed by atoms with Crippen molar-refractivity contribution in [3.63, 3.8) is 0 Å². The molecule has 4 atom stereocenters. The van der Waals surface area contributed by atoms with Crippen LogP contribution in [0.15, 0.2) is 36.2 Å². The molecule has 5 rings (SSSR count). The predicted octanol–water partition coefficient (Wildman–Crippen LogP) is 6.02. The minimum Gasteiger partial charge on any atom is -0.511 e. The standard InChI is InChI=1S/C24H22F3NO3/c1-11-7-16(31-17-6-5-15(10-28-17)24(25,26)27)8-12(2)18(11)21-22(29)19-13-3-4-14(9-13)20(19)23(21)30/h5-8,10,13-14,19-20,29H,3-4,9H2,1-2H3/t13-,14+,19?,20+/m1/s1. The Balaban J connectivity index is 1.45. The Hall–Kier alpha value is -2.83. The molecule has 7 heteroatoms. The second kappa shape index (κ2) is 6.84. The lowest BCUT2D eigenvalue weighted by molar-refractivity contribution is -0.137. The molecular weight excluding hydrogens is 407 g/mol.